The van der Waals surface area contributed by atoms with Crippen molar-refractivity contribution in [2.45, 2.75) is 50.6 Å². The van der Waals surface area contributed by atoms with E-state index in [-0.39, 0.29) is 27.4 Å². The van der Waals surface area contributed by atoms with Crippen LogP contribution in [0, 0.1) is 0 Å². The molecule has 9 heteroatoms. The molecule has 1 atom stereocenters. The van der Waals surface area contributed by atoms with Gasteiger partial charge in [-0.3, -0.25) is 9.69 Å². The van der Waals surface area contributed by atoms with Gasteiger partial charge >= 0.3 is 0 Å². The molecule has 0 radical (unpaired) electrons. The van der Waals surface area contributed by atoms with Gasteiger partial charge in [-0.1, -0.05) is 30.1 Å². The van der Waals surface area contributed by atoms with Gasteiger partial charge in [0.15, 0.2) is 0 Å². The molecular formula is C18H27Cl2N3O3S. The number of sulfonamides is 1. The van der Waals surface area contributed by atoms with Crippen LogP contribution in [-0.2, 0) is 14.8 Å². The number of hydrogen-bond donors (Lipinski definition) is 1. The van der Waals surface area contributed by atoms with Crippen LogP contribution in [0.1, 0.15) is 34.1 Å². The van der Waals surface area contributed by atoms with E-state index in [4.69, 9.17) is 23.2 Å². The number of nitrogens with zero attached hydrogens (tertiary/aromatic N) is 2. The number of benzene rings is 1. The van der Waals surface area contributed by atoms with E-state index in [1.54, 1.807) is 0 Å². The summed E-state index contributed by atoms with van der Waals surface area (Å²) in [5, 5.41) is 3.57. The summed E-state index contributed by atoms with van der Waals surface area (Å²) in [5.41, 5.74) is -0.260. The lowest BCUT2D eigenvalue weighted by molar-refractivity contribution is -0.128. The summed E-state index contributed by atoms with van der Waals surface area (Å²) in [7, 11) is -3.64. The average molecular weight is 436 g/mol. The fourth-order valence-electron chi connectivity index (χ4n) is 2.81. The van der Waals surface area contributed by atoms with Gasteiger partial charge in [0.25, 0.3) is 0 Å². The van der Waals surface area contributed by atoms with E-state index in [1.807, 2.05) is 32.6 Å². The van der Waals surface area contributed by atoms with Gasteiger partial charge in [-0.15, -0.1) is 0 Å². The molecule has 27 heavy (non-hydrogen) atoms. The summed E-state index contributed by atoms with van der Waals surface area (Å²) in [6.07, 6.45) is 0.834. The third kappa shape index (κ3) is 5.35. The summed E-state index contributed by atoms with van der Waals surface area (Å²) >= 11 is 11.8. The van der Waals surface area contributed by atoms with Gasteiger partial charge in [-0.05, 0) is 45.4 Å². The highest BCUT2D eigenvalue weighted by Gasteiger charge is 2.33. The van der Waals surface area contributed by atoms with Crippen LogP contribution in [0.5, 0.6) is 0 Å². The topological polar surface area (TPSA) is 69.7 Å². The van der Waals surface area contributed by atoms with Crippen LogP contribution in [0.4, 0.5) is 0 Å². The Morgan fingerprint density at radius 2 is 1.78 bits per heavy atom. The predicted octanol–water partition coefficient (Wildman–Crippen LogP) is 2.99. The first-order chi connectivity index (χ1) is 12.5. The first kappa shape index (κ1) is 22.4. The van der Waals surface area contributed by atoms with Crippen LogP contribution in [-0.4, -0.2) is 61.3 Å². The molecule has 1 amide bonds. The zero-order valence-electron chi connectivity index (χ0n) is 16.1. The van der Waals surface area contributed by atoms with Crippen LogP contribution < -0.4 is 5.32 Å². The Morgan fingerprint density at radius 1 is 1.19 bits per heavy atom. The zero-order valence-corrected chi connectivity index (χ0v) is 18.5. The van der Waals surface area contributed by atoms with Crippen molar-refractivity contribution in [2.75, 3.05) is 26.2 Å². The summed E-state index contributed by atoms with van der Waals surface area (Å²) in [6.45, 7) is 9.46. The van der Waals surface area contributed by atoms with Crippen LogP contribution >= 0.6 is 23.2 Å². The number of piperazine rings is 1. The number of halogens is 2. The van der Waals surface area contributed by atoms with E-state index >= 15 is 0 Å². The van der Waals surface area contributed by atoms with E-state index in [0.29, 0.717) is 31.2 Å². The van der Waals surface area contributed by atoms with Gasteiger partial charge < -0.3 is 5.32 Å². The van der Waals surface area contributed by atoms with Gasteiger partial charge in [0.05, 0.1) is 21.0 Å². The fraction of sp³-hybridized carbons (Fsp3) is 0.611. The van der Waals surface area contributed by atoms with Gasteiger partial charge in [0, 0.05) is 31.7 Å². The van der Waals surface area contributed by atoms with Crippen LogP contribution in [0.2, 0.25) is 10.0 Å². The molecule has 0 aromatic heterocycles. The molecule has 1 unspecified atom stereocenters. The number of carbonyl (C=O) groups excluding carboxylic acids is 1. The predicted molar refractivity (Wildman–Crippen MR) is 109 cm³/mol. The molecule has 1 aliphatic rings. The largest absolute Gasteiger partial charge is 0.350 e. The molecule has 6 nitrogen and oxygen atoms in total. The lowest BCUT2D eigenvalue weighted by Gasteiger charge is -2.38. The highest BCUT2D eigenvalue weighted by molar-refractivity contribution is 7.89. The molecule has 1 saturated heterocycles. The standard InChI is InChI=1S/C18H27Cl2N3O3S/c1-5-18(3,4)21-17(24)13(2)22-8-10-23(11-9-22)27(25,26)14-6-7-15(19)16(20)12-14/h6-7,12-13H,5,8-11H2,1-4H3,(H,21,24). The normalized spacial score (nSPS) is 18.3. The van der Waals surface area contributed by atoms with Gasteiger partial charge in [-0.2, -0.15) is 4.31 Å². The Labute approximate surface area is 171 Å². The monoisotopic (exact) mass is 435 g/mol. The highest BCUT2D eigenvalue weighted by atomic mass is 35.5. The Hall–Kier alpha value is -0.860. The summed E-state index contributed by atoms with van der Waals surface area (Å²) in [5.74, 6) is -0.0392. The Kier molecular flexibility index (Phi) is 7.19. The van der Waals surface area contributed by atoms with Crippen molar-refractivity contribution < 1.29 is 13.2 Å². The molecule has 0 spiro atoms. The van der Waals surface area contributed by atoms with Crippen molar-refractivity contribution >= 4 is 39.1 Å². The van der Waals surface area contributed by atoms with Crippen molar-refractivity contribution in [1.29, 1.82) is 0 Å². The lowest BCUT2D eigenvalue weighted by atomic mass is 10.0. The molecule has 0 aliphatic carbocycles. The number of carbonyl (C=O) groups is 1. The molecular weight excluding hydrogens is 409 g/mol. The maximum absolute atomic E-state index is 12.8. The Balaban J connectivity index is 2.01. The van der Waals surface area contributed by atoms with E-state index in [9.17, 15) is 13.2 Å². The second-order valence-corrected chi connectivity index (χ2v) is 10.2. The minimum atomic E-state index is -3.64. The molecule has 1 aliphatic heterocycles. The summed E-state index contributed by atoms with van der Waals surface area (Å²) < 4.78 is 27.0. The van der Waals surface area contributed by atoms with Gasteiger partial charge in [0.1, 0.15) is 0 Å². The first-order valence-electron chi connectivity index (χ1n) is 8.99. The minimum absolute atomic E-state index is 0.0392. The average Bonchev–Trinajstić information content (AvgIpc) is 2.63. The molecule has 152 valence electrons. The van der Waals surface area contributed by atoms with E-state index in [1.165, 1.54) is 22.5 Å². The second-order valence-electron chi connectivity index (χ2n) is 7.42. The summed E-state index contributed by atoms with van der Waals surface area (Å²) in [4.78, 5) is 14.6. The van der Waals surface area contributed by atoms with E-state index in [0.717, 1.165) is 6.42 Å². The molecule has 0 saturated carbocycles. The van der Waals surface area contributed by atoms with Crippen molar-refractivity contribution in [3.63, 3.8) is 0 Å². The van der Waals surface area contributed by atoms with Gasteiger partial charge in [0.2, 0.25) is 15.9 Å². The molecule has 1 heterocycles. The molecule has 0 bridgehead atoms. The molecule has 2 rings (SSSR count). The third-order valence-corrected chi connectivity index (χ3v) is 7.71. The van der Waals surface area contributed by atoms with E-state index < -0.39 is 10.0 Å². The second kappa shape index (κ2) is 8.66. The molecule has 1 N–H and O–H groups in total. The van der Waals surface area contributed by atoms with Crippen molar-refractivity contribution in [1.82, 2.24) is 14.5 Å². The maximum Gasteiger partial charge on any atom is 0.243 e. The van der Waals surface area contributed by atoms with Crippen molar-refractivity contribution in [3.05, 3.63) is 28.2 Å². The van der Waals surface area contributed by atoms with Crippen molar-refractivity contribution in [2.24, 2.45) is 0 Å². The SMILES string of the molecule is CCC(C)(C)NC(=O)C(C)N1CCN(S(=O)(=O)c2ccc(Cl)c(Cl)c2)CC1. The van der Waals surface area contributed by atoms with Crippen LogP contribution in [0.3, 0.4) is 0 Å². The Bertz CT molecular complexity index is 791. The zero-order chi connectivity index (χ0) is 20.4. The first-order valence-corrected chi connectivity index (χ1v) is 11.2. The fourth-order valence-corrected chi connectivity index (χ4v) is 4.62. The van der Waals surface area contributed by atoms with Crippen molar-refractivity contribution in [3.8, 4) is 0 Å². The number of amides is 1. The smallest absolute Gasteiger partial charge is 0.243 e. The molecule has 1 aromatic rings. The third-order valence-electron chi connectivity index (χ3n) is 5.07. The lowest BCUT2D eigenvalue weighted by Crippen LogP contribution is -2.57. The van der Waals surface area contributed by atoms with E-state index in [2.05, 4.69) is 5.32 Å². The highest BCUT2D eigenvalue weighted by Crippen LogP contribution is 2.27. The minimum Gasteiger partial charge on any atom is -0.350 e. The van der Waals surface area contributed by atoms with Gasteiger partial charge in [-0.25, -0.2) is 8.42 Å². The number of hydrogen-bond acceptors (Lipinski definition) is 4. The molecule has 1 aromatic carbocycles. The molecule has 1 fully saturated rings. The number of rotatable bonds is 6. The van der Waals surface area contributed by atoms with Crippen LogP contribution in [0.15, 0.2) is 23.1 Å². The summed E-state index contributed by atoms with van der Waals surface area (Å²) in [6, 6.07) is 3.99. The Morgan fingerprint density at radius 3 is 2.30 bits per heavy atom. The van der Waals surface area contributed by atoms with Crippen LogP contribution in [0.25, 0.3) is 0 Å². The quantitative estimate of drug-likeness (QED) is 0.745. The maximum atomic E-state index is 12.8. The number of nitrogens with one attached hydrogen (secondary N) is 1.